The monoisotopic (exact) mass is 215 g/mol. The van der Waals surface area contributed by atoms with Gasteiger partial charge in [0.15, 0.2) is 0 Å². The summed E-state index contributed by atoms with van der Waals surface area (Å²) < 4.78 is 13.2. The van der Waals surface area contributed by atoms with Gasteiger partial charge < -0.3 is 5.32 Å². The summed E-state index contributed by atoms with van der Waals surface area (Å²) in [6, 6.07) is -0.767. The van der Waals surface area contributed by atoms with E-state index in [1.165, 1.54) is 0 Å². The predicted molar refractivity (Wildman–Crippen MR) is 50.4 cm³/mol. The van der Waals surface area contributed by atoms with Gasteiger partial charge in [0, 0.05) is 6.54 Å². The van der Waals surface area contributed by atoms with Crippen molar-refractivity contribution < 1.29 is 9.18 Å². The highest BCUT2D eigenvalue weighted by Gasteiger charge is 2.09. The number of hydrogen-bond acceptors (Lipinski definition) is 3. The molecule has 0 aliphatic heterocycles. The third-order valence-corrected chi connectivity index (χ3v) is 1.64. The number of nitrogens with zero attached hydrogens (tertiary/aromatic N) is 1. The van der Waals surface area contributed by atoms with Crippen molar-refractivity contribution in [2.45, 2.75) is 13.3 Å². The molecule has 0 spiro atoms. The van der Waals surface area contributed by atoms with Gasteiger partial charge in [-0.05, 0) is 6.42 Å². The summed E-state index contributed by atoms with van der Waals surface area (Å²) in [5.74, 6) is -1.18. The first-order chi connectivity index (χ1) is 7.06. The van der Waals surface area contributed by atoms with E-state index in [4.69, 9.17) is 0 Å². The zero-order chi connectivity index (χ0) is 11.4. The van der Waals surface area contributed by atoms with E-state index in [-0.39, 0.29) is 0 Å². The molecule has 1 rings (SSSR count). The summed E-state index contributed by atoms with van der Waals surface area (Å²) in [6.07, 6.45) is 1.25. The fourth-order valence-corrected chi connectivity index (χ4v) is 0.916. The minimum atomic E-state index is -1.18. The third-order valence-electron chi connectivity index (χ3n) is 1.64. The first-order valence-corrected chi connectivity index (χ1v) is 4.36. The van der Waals surface area contributed by atoms with Crippen LogP contribution in [-0.2, 0) is 0 Å². The van der Waals surface area contributed by atoms with Gasteiger partial charge in [0.25, 0.3) is 5.56 Å². The number of carbonyl (C=O) groups is 1. The minimum absolute atomic E-state index is 0.367. The lowest BCUT2D eigenvalue weighted by Gasteiger charge is -2.04. The Bertz CT molecular complexity index is 477. The molecule has 1 aromatic rings. The summed E-state index contributed by atoms with van der Waals surface area (Å²) in [5.41, 5.74) is -2.10. The molecule has 82 valence electrons. The first kappa shape index (κ1) is 11.2. The molecule has 0 aromatic carbocycles. The highest BCUT2D eigenvalue weighted by molar-refractivity contribution is 5.76. The molecule has 0 unspecified atom stereocenters. The number of H-pyrrole nitrogens is 1. The summed E-state index contributed by atoms with van der Waals surface area (Å²) in [7, 11) is 0. The smallest absolute Gasteiger partial charge is 0.336 e. The zero-order valence-corrected chi connectivity index (χ0v) is 8.04. The topological polar surface area (TPSA) is 84.0 Å². The van der Waals surface area contributed by atoms with Crippen LogP contribution in [-0.4, -0.2) is 22.1 Å². The molecule has 2 N–H and O–H groups in total. The van der Waals surface area contributed by atoms with Gasteiger partial charge in [-0.3, -0.25) is 9.78 Å². The van der Waals surface area contributed by atoms with Gasteiger partial charge in [0.05, 0.1) is 6.20 Å². The average Bonchev–Trinajstić information content (AvgIpc) is 2.20. The van der Waals surface area contributed by atoms with Gasteiger partial charge in [0.1, 0.15) is 0 Å². The number of carbonyl (C=O) groups excluding carboxylic acids is 1. The van der Waals surface area contributed by atoms with Crippen molar-refractivity contribution in [1.82, 2.24) is 14.9 Å². The molecule has 0 bridgehead atoms. The number of aromatic nitrogens is 2. The van der Waals surface area contributed by atoms with Crippen LogP contribution in [0.15, 0.2) is 15.8 Å². The molecule has 0 saturated heterocycles. The van der Waals surface area contributed by atoms with Crippen molar-refractivity contribution in [2.24, 2.45) is 0 Å². The number of halogens is 1. The number of amides is 1. The van der Waals surface area contributed by atoms with Gasteiger partial charge in [0.2, 0.25) is 5.82 Å². The molecule has 0 atom stereocenters. The lowest BCUT2D eigenvalue weighted by molar-refractivity contribution is 0.240. The van der Waals surface area contributed by atoms with E-state index in [1.54, 1.807) is 4.98 Å². The standard InChI is InChI=1S/C8H10FN3O3/c1-2-3-10-7(14)12-4-5(9)6(13)11-8(12)15/h4H,2-3H2,1H3,(H,10,14)(H,11,13,15). The van der Waals surface area contributed by atoms with Crippen molar-refractivity contribution in [3.8, 4) is 0 Å². The number of aromatic amines is 1. The summed E-state index contributed by atoms with van der Waals surface area (Å²) in [4.78, 5) is 34.7. The Labute approximate surface area is 83.7 Å². The van der Waals surface area contributed by atoms with Crippen molar-refractivity contribution in [3.63, 3.8) is 0 Å². The molecule has 1 heterocycles. The molecule has 0 aliphatic carbocycles. The number of rotatable bonds is 2. The Kier molecular flexibility index (Phi) is 3.37. The highest BCUT2D eigenvalue weighted by Crippen LogP contribution is 1.84. The maximum absolute atomic E-state index is 12.8. The highest BCUT2D eigenvalue weighted by atomic mass is 19.1. The van der Waals surface area contributed by atoms with Crippen LogP contribution in [0.1, 0.15) is 13.3 Å². The second-order valence-corrected chi connectivity index (χ2v) is 2.84. The Morgan fingerprint density at radius 3 is 2.87 bits per heavy atom. The van der Waals surface area contributed by atoms with Crippen molar-refractivity contribution in [3.05, 3.63) is 32.9 Å². The van der Waals surface area contributed by atoms with E-state index in [9.17, 15) is 18.8 Å². The summed E-state index contributed by atoms with van der Waals surface area (Å²) in [6.45, 7) is 2.20. The van der Waals surface area contributed by atoms with E-state index in [0.29, 0.717) is 23.7 Å². The first-order valence-electron chi connectivity index (χ1n) is 4.36. The third kappa shape index (κ3) is 2.52. The Morgan fingerprint density at radius 2 is 2.27 bits per heavy atom. The van der Waals surface area contributed by atoms with Gasteiger partial charge in [-0.2, -0.15) is 4.39 Å². The maximum atomic E-state index is 12.8. The van der Waals surface area contributed by atoms with Crippen molar-refractivity contribution >= 4 is 6.03 Å². The van der Waals surface area contributed by atoms with Crippen molar-refractivity contribution in [2.75, 3.05) is 6.54 Å². The number of hydrogen-bond donors (Lipinski definition) is 2. The molecule has 0 saturated carbocycles. The van der Waals surface area contributed by atoms with Crippen LogP contribution in [0.2, 0.25) is 0 Å². The Hall–Kier alpha value is -1.92. The Morgan fingerprint density at radius 1 is 1.60 bits per heavy atom. The molecule has 15 heavy (non-hydrogen) atoms. The molecule has 1 aromatic heterocycles. The summed E-state index contributed by atoms with van der Waals surface area (Å²) >= 11 is 0. The van der Waals surface area contributed by atoms with Crippen LogP contribution in [0.25, 0.3) is 0 Å². The normalized spacial score (nSPS) is 10.0. The van der Waals surface area contributed by atoms with Crippen LogP contribution in [0.4, 0.5) is 9.18 Å². The second kappa shape index (κ2) is 4.54. The van der Waals surface area contributed by atoms with Gasteiger partial charge in [-0.1, -0.05) is 6.92 Å². The van der Waals surface area contributed by atoms with Crippen LogP contribution < -0.4 is 16.6 Å². The second-order valence-electron chi connectivity index (χ2n) is 2.84. The fraction of sp³-hybridized carbons (Fsp3) is 0.375. The van der Waals surface area contributed by atoms with Gasteiger partial charge in [-0.15, -0.1) is 0 Å². The van der Waals surface area contributed by atoms with Crippen LogP contribution in [0.5, 0.6) is 0 Å². The van der Waals surface area contributed by atoms with Crippen molar-refractivity contribution in [1.29, 1.82) is 0 Å². The maximum Gasteiger partial charge on any atom is 0.336 e. The molecule has 1 amide bonds. The van der Waals surface area contributed by atoms with E-state index < -0.39 is 23.1 Å². The lowest BCUT2D eigenvalue weighted by atomic mass is 10.5. The van der Waals surface area contributed by atoms with Crippen LogP contribution >= 0.6 is 0 Å². The van der Waals surface area contributed by atoms with E-state index in [0.717, 1.165) is 0 Å². The van der Waals surface area contributed by atoms with Crippen LogP contribution in [0.3, 0.4) is 0 Å². The largest absolute Gasteiger partial charge is 0.337 e. The zero-order valence-electron chi connectivity index (χ0n) is 8.04. The SMILES string of the molecule is CCCNC(=O)n1cc(F)c(=O)[nH]c1=O. The van der Waals surface area contributed by atoms with Crippen LogP contribution in [0, 0.1) is 5.82 Å². The number of nitrogens with one attached hydrogen (secondary N) is 2. The predicted octanol–water partition coefficient (Wildman–Crippen LogP) is -0.357. The molecule has 6 nitrogen and oxygen atoms in total. The van der Waals surface area contributed by atoms with E-state index in [1.807, 2.05) is 6.92 Å². The van der Waals surface area contributed by atoms with E-state index >= 15 is 0 Å². The molecule has 0 radical (unpaired) electrons. The molecule has 0 aliphatic rings. The fourth-order valence-electron chi connectivity index (χ4n) is 0.916. The van der Waals surface area contributed by atoms with E-state index in [2.05, 4.69) is 5.32 Å². The summed E-state index contributed by atoms with van der Waals surface area (Å²) in [5, 5.41) is 2.37. The minimum Gasteiger partial charge on any atom is -0.337 e. The molecular formula is C8H10FN3O3. The van der Waals surface area contributed by atoms with Gasteiger partial charge >= 0.3 is 11.7 Å². The lowest BCUT2D eigenvalue weighted by Crippen LogP contribution is -2.40. The quantitative estimate of drug-likeness (QED) is 0.706. The molecule has 7 heteroatoms. The molecule has 0 fully saturated rings. The molecular weight excluding hydrogens is 205 g/mol. The average molecular weight is 215 g/mol. The Balaban J connectivity index is 3.05. The van der Waals surface area contributed by atoms with Gasteiger partial charge in [-0.25, -0.2) is 14.2 Å².